The summed E-state index contributed by atoms with van der Waals surface area (Å²) in [7, 11) is 0. The number of carbonyl (C=O) groups excluding carboxylic acids is 3. The molecule has 0 spiro atoms. The Kier molecular flexibility index (Phi) is 8.89. The van der Waals surface area contributed by atoms with E-state index < -0.39 is 0 Å². The molecule has 0 aromatic heterocycles. The second kappa shape index (κ2) is 12.5. The zero-order chi connectivity index (χ0) is 27.1. The predicted molar refractivity (Wildman–Crippen MR) is 144 cm³/mol. The van der Waals surface area contributed by atoms with Crippen molar-refractivity contribution >= 4 is 23.5 Å². The minimum absolute atomic E-state index is 0.0423. The van der Waals surface area contributed by atoms with Crippen LogP contribution in [0.4, 0.5) is 10.1 Å². The van der Waals surface area contributed by atoms with Crippen molar-refractivity contribution in [1.82, 2.24) is 4.90 Å². The molecule has 7 heteroatoms. The van der Waals surface area contributed by atoms with E-state index in [1.54, 1.807) is 34.9 Å². The molecule has 198 valence electrons. The first-order valence-corrected chi connectivity index (χ1v) is 13.0. The number of anilines is 1. The third-order valence-electron chi connectivity index (χ3n) is 6.85. The summed E-state index contributed by atoms with van der Waals surface area (Å²) < 4.78 is 19.0. The number of rotatable bonds is 8. The molecule has 4 rings (SSSR count). The van der Waals surface area contributed by atoms with Gasteiger partial charge in [-0.1, -0.05) is 42.5 Å². The Labute approximate surface area is 223 Å². The molecule has 0 radical (unpaired) electrons. The van der Waals surface area contributed by atoms with Gasteiger partial charge in [-0.3, -0.25) is 14.4 Å². The van der Waals surface area contributed by atoms with Crippen LogP contribution in [0.2, 0.25) is 0 Å². The lowest BCUT2D eigenvalue weighted by Gasteiger charge is -2.31. The number of halogens is 1. The van der Waals surface area contributed by atoms with Crippen molar-refractivity contribution in [2.24, 2.45) is 5.92 Å². The van der Waals surface area contributed by atoms with Crippen LogP contribution in [0.25, 0.3) is 0 Å². The Morgan fingerprint density at radius 2 is 1.76 bits per heavy atom. The van der Waals surface area contributed by atoms with Crippen LogP contribution in [-0.2, 0) is 27.3 Å². The molecular formula is C31H33FN2O4. The lowest BCUT2D eigenvalue weighted by molar-refractivity contribution is -0.151. The lowest BCUT2D eigenvalue weighted by atomic mass is 9.97. The summed E-state index contributed by atoms with van der Waals surface area (Å²) >= 11 is 0. The smallest absolute Gasteiger partial charge is 0.310 e. The minimum Gasteiger partial charge on any atom is -0.466 e. The summed E-state index contributed by atoms with van der Waals surface area (Å²) in [5, 5.41) is 0. The fraction of sp³-hybridized carbons (Fsp3) is 0.323. The maximum Gasteiger partial charge on any atom is 0.310 e. The first-order chi connectivity index (χ1) is 18.4. The number of piperidine rings is 1. The van der Waals surface area contributed by atoms with Gasteiger partial charge >= 0.3 is 5.97 Å². The summed E-state index contributed by atoms with van der Waals surface area (Å²) in [6, 6.07) is 20.9. The van der Waals surface area contributed by atoms with Gasteiger partial charge in [0.05, 0.1) is 25.5 Å². The first kappa shape index (κ1) is 27.0. The predicted octanol–water partition coefficient (Wildman–Crippen LogP) is 5.33. The molecule has 2 amide bonds. The van der Waals surface area contributed by atoms with Gasteiger partial charge in [0.1, 0.15) is 5.82 Å². The topological polar surface area (TPSA) is 66.9 Å². The van der Waals surface area contributed by atoms with E-state index in [2.05, 4.69) is 0 Å². The van der Waals surface area contributed by atoms with Gasteiger partial charge in [-0.2, -0.15) is 0 Å². The molecular weight excluding hydrogens is 483 g/mol. The average Bonchev–Trinajstić information content (AvgIpc) is 2.92. The van der Waals surface area contributed by atoms with Crippen LogP contribution in [-0.4, -0.2) is 42.4 Å². The molecule has 0 unspecified atom stereocenters. The standard InChI is InChI=1S/C31H33FN2O4/c1-3-38-31(37)25-10-7-17-33(21-25)29(35)19-23-13-15-27(16-14-23)34(20-24-9-6-11-26(32)18-24)30(36)28-12-5-4-8-22(28)2/h4-6,8-9,11-16,18,25H,3,7,10,17,19-21H2,1-2H3/t25-/m1/s1. The second-order valence-electron chi connectivity index (χ2n) is 9.61. The van der Waals surface area contributed by atoms with E-state index in [9.17, 15) is 18.8 Å². The van der Waals surface area contributed by atoms with Crippen LogP contribution < -0.4 is 4.90 Å². The van der Waals surface area contributed by atoms with Gasteiger partial charge in [0.2, 0.25) is 5.91 Å². The van der Waals surface area contributed by atoms with Gasteiger partial charge in [0.15, 0.2) is 0 Å². The van der Waals surface area contributed by atoms with Gasteiger partial charge in [-0.05, 0) is 73.7 Å². The summed E-state index contributed by atoms with van der Waals surface area (Å²) in [5.41, 5.74) is 3.56. The quantitative estimate of drug-likeness (QED) is 0.380. The van der Waals surface area contributed by atoms with Crippen LogP contribution in [0.5, 0.6) is 0 Å². The molecule has 0 bridgehead atoms. The largest absolute Gasteiger partial charge is 0.466 e. The first-order valence-electron chi connectivity index (χ1n) is 13.0. The Balaban J connectivity index is 1.51. The van der Waals surface area contributed by atoms with Crippen molar-refractivity contribution < 1.29 is 23.5 Å². The molecule has 3 aromatic rings. The van der Waals surface area contributed by atoms with Crippen LogP contribution >= 0.6 is 0 Å². The highest BCUT2D eigenvalue weighted by Gasteiger charge is 2.29. The molecule has 1 heterocycles. The van der Waals surface area contributed by atoms with Crippen LogP contribution in [0.1, 0.15) is 46.8 Å². The Hall–Kier alpha value is -4.00. The number of amides is 2. The number of hydrogen-bond donors (Lipinski definition) is 0. The third-order valence-corrected chi connectivity index (χ3v) is 6.85. The number of likely N-dealkylation sites (tertiary alicyclic amines) is 1. The number of esters is 1. The normalized spacial score (nSPS) is 15.1. The molecule has 0 aliphatic carbocycles. The molecule has 0 N–H and O–H groups in total. The summed E-state index contributed by atoms with van der Waals surface area (Å²) in [4.78, 5) is 42.1. The minimum atomic E-state index is -0.359. The zero-order valence-electron chi connectivity index (χ0n) is 21.9. The van der Waals surface area contributed by atoms with E-state index in [0.717, 1.165) is 24.0 Å². The van der Waals surface area contributed by atoms with Crippen LogP contribution in [0.15, 0.2) is 72.8 Å². The number of nitrogens with zero attached hydrogens (tertiary/aromatic N) is 2. The van der Waals surface area contributed by atoms with E-state index >= 15 is 0 Å². The fourth-order valence-corrected chi connectivity index (χ4v) is 4.79. The van der Waals surface area contributed by atoms with Gasteiger partial charge in [0, 0.05) is 24.3 Å². The summed E-state index contributed by atoms with van der Waals surface area (Å²) in [5.74, 6) is -1.11. The van der Waals surface area contributed by atoms with E-state index in [1.165, 1.54) is 12.1 Å². The highest BCUT2D eigenvalue weighted by Crippen LogP contribution is 2.24. The van der Waals surface area contributed by atoms with Crippen molar-refractivity contribution in [3.8, 4) is 0 Å². The van der Waals surface area contributed by atoms with Crippen molar-refractivity contribution in [3.05, 3.63) is 101 Å². The molecule has 38 heavy (non-hydrogen) atoms. The maximum absolute atomic E-state index is 13.9. The van der Waals surface area contributed by atoms with Crippen molar-refractivity contribution in [1.29, 1.82) is 0 Å². The second-order valence-corrected chi connectivity index (χ2v) is 9.61. The Morgan fingerprint density at radius 1 is 1.00 bits per heavy atom. The molecule has 1 fully saturated rings. The summed E-state index contributed by atoms with van der Waals surface area (Å²) in [6.07, 6.45) is 1.70. The van der Waals surface area contributed by atoms with Crippen LogP contribution in [0.3, 0.4) is 0 Å². The lowest BCUT2D eigenvalue weighted by Crippen LogP contribution is -2.43. The summed E-state index contributed by atoms with van der Waals surface area (Å²) in [6.45, 7) is 5.20. The maximum atomic E-state index is 13.9. The highest BCUT2D eigenvalue weighted by molar-refractivity contribution is 6.07. The number of ether oxygens (including phenoxy) is 1. The molecule has 1 aliphatic heterocycles. The highest BCUT2D eigenvalue weighted by atomic mass is 19.1. The van der Waals surface area contributed by atoms with E-state index in [4.69, 9.17) is 4.74 Å². The molecule has 1 aliphatic rings. The van der Waals surface area contributed by atoms with Gasteiger partial charge in [-0.25, -0.2) is 4.39 Å². The number of hydrogen-bond acceptors (Lipinski definition) is 4. The van der Waals surface area contributed by atoms with E-state index in [1.807, 2.05) is 49.4 Å². The van der Waals surface area contributed by atoms with E-state index in [-0.39, 0.29) is 42.5 Å². The SMILES string of the molecule is CCOC(=O)[C@@H]1CCCN(C(=O)Cc2ccc(N(Cc3cccc(F)c3)C(=O)c3ccccc3C)cc2)C1. The van der Waals surface area contributed by atoms with Crippen molar-refractivity contribution in [3.63, 3.8) is 0 Å². The molecule has 0 saturated carbocycles. The zero-order valence-corrected chi connectivity index (χ0v) is 21.9. The van der Waals surface area contributed by atoms with Crippen molar-refractivity contribution in [2.45, 2.75) is 39.7 Å². The van der Waals surface area contributed by atoms with E-state index in [0.29, 0.717) is 36.5 Å². The van der Waals surface area contributed by atoms with Gasteiger partial charge < -0.3 is 14.5 Å². The number of aryl methyl sites for hydroxylation is 1. The average molecular weight is 517 g/mol. The van der Waals surface area contributed by atoms with Gasteiger partial charge in [-0.15, -0.1) is 0 Å². The Bertz CT molecular complexity index is 1290. The molecule has 3 aromatic carbocycles. The number of benzene rings is 3. The monoisotopic (exact) mass is 516 g/mol. The third kappa shape index (κ3) is 6.65. The Morgan fingerprint density at radius 3 is 2.47 bits per heavy atom. The molecule has 1 atom stereocenters. The fourth-order valence-electron chi connectivity index (χ4n) is 4.79. The van der Waals surface area contributed by atoms with Crippen LogP contribution in [0, 0.1) is 18.7 Å². The molecule has 6 nitrogen and oxygen atoms in total. The van der Waals surface area contributed by atoms with Crippen molar-refractivity contribution in [2.75, 3.05) is 24.6 Å². The molecule has 1 saturated heterocycles. The number of carbonyl (C=O) groups is 3. The van der Waals surface area contributed by atoms with Gasteiger partial charge in [0.25, 0.3) is 5.91 Å².